The topological polar surface area (TPSA) is 56.0 Å². The first-order chi connectivity index (χ1) is 7.38. The predicted octanol–water partition coefficient (Wildman–Crippen LogP) is 2.94. The first-order valence-corrected chi connectivity index (χ1v) is 5.28. The molecule has 0 saturated carbocycles. The average molecular weight is 211 g/mol. The van der Waals surface area contributed by atoms with Gasteiger partial charge in [0.1, 0.15) is 0 Å². The molecular formula is C10H21N5. The maximum Gasteiger partial charge on any atom is 0.272 e. The molecule has 1 aromatic rings. The smallest absolute Gasteiger partial charge is 0.223 e. The third-order valence-corrected chi connectivity index (χ3v) is 1.01. The molecule has 0 unspecified atom stereocenters. The average Bonchev–Trinajstić information content (AvgIpc) is 2.73. The molecule has 0 aliphatic rings. The zero-order chi connectivity index (χ0) is 12.1. The largest absolute Gasteiger partial charge is 0.272 e. The molecule has 15 heavy (non-hydrogen) atoms. The minimum absolute atomic E-state index is 0.491. The van der Waals surface area contributed by atoms with Gasteiger partial charge in [0.05, 0.1) is 0 Å². The number of hydrogen-bond acceptors (Lipinski definition) is 4. The Morgan fingerprint density at radius 1 is 1.13 bits per heavy atom. The van der Waals surface area contributed by atoms with E-state index in [-0.39, 0.29) is 0 Å². The Hall–Kier alpha value is -1.52. The van der Waals surface area contributed by atoms with Gasteiger partial charge in [-0.2, -0.15) is 4.68 Å². The molecule has 1 heterocycles. The van der Waals surface area contributed by atoms with Crippen molar-refractivity contribution < 1.29 is 0 Å². The van der Waals surface area contributed by atoms with Gasteiger partial charge in [0.15, 0.2) is 0 Å². The van der Waals surface area contributed by atoms with Crippen molar-refractivity contribution in [1.29, 1.82) is 0 Å². The molecule has 0 radical (unpaired) electrons. The van der Waals surface area contributed by atoms with E-state index in [0.29, 0.717) is 5.95 Å². The summed E-state index contributed by atoms with van der Waals surface area (Å²) in [6.45, 7) is 11.7. The number of rotatable bonds is 2. The van der Waals surface area contributed by atoms with E-state index in [1.807, 2.05) is 47.6 Å². The van der Waals surface area contributed by atoms with Crippen molar-refractivity contribution in [2.75, 3.05) is 0 Å². The zero-order valence-corrected chi connectivity index (χ0v) is 10.5. The molecule has 0 aliphatic heterocycles. The van der Waals surface area contributed by atoms with Gasteiger partial charge >= 0.3 is 0 Å². The molecule has 1 aromatic heterocycles. The minimum atomic E-state index is 0.491. The number of tetrazole rings is 1. The van der Waals surface area contributed by atoms with Gasteiger partial charge in [-0.05, 0) is 24.3 Å². The van der Waals surface area contributed by atoms with Crippen LogP contribution in [0.25, 0.3) is 6.20 Å². The van der Waals surface area contributed by atoms with Crippen LogP contribution in [0.2, 0.25) is 0 Å². The maximum absolute atomic E-state index is 3.94. The lowest BCUT2D eigenvalue weighted by Crippen LogP contribution is -1.87. The van der Waals surface area contributed by atoms with Crippen molar-refractivity contribution in [3.8, 4) is 0 Å². The molecule has 0 saturated heterocycles. The predicted molar refractivity (Wildman–Crippen MR) is 65.3 cm³/mol. The quantitative estimate of drug-likeness (QED) is 0.707. The Kier molecular flexibility index (Phi) is 13.3. The zero-order valence-electron chi connectivity index (χ0n) is 10.5. The summed E-state index contributed by atoms with van der Waals surface area (Å²) in [6.07, 6.45) is 5.22. The van der Waals surface area contributed by atoms with Crippen LogP contribution < -0.4 is 0 Å². The van der Waals surface area contributed by atoms with Crippen LogP contribution >= 0.6 is 0 Å². The molecule has 0 spiro atoms. The van der Waals surface area contributed by atoms with Crippen LogP contribution in [0.4, 0.5) is 5.95 Å². The number of nitrogens with zero attached hydrogens (tertiary/aromatic N) is 5. The summed E-state index contributed by atoms with van der Waals surface area (Å²) < 4.78 is 1.50. The Labute approximate surface area is 91.9 Å². The van der Waals surface area contributed by atoms with Gasteiger partial charge in [0, 0.05) is 12.4 Å². The monoisotopic (exact) mass is 211 g/mol. The highest BCUT2D eigenvalue weighted by molar-refractivity contribution is 5.57. The molecule has 5 nitrogen and oxygen atoms in total. The SMILES string of the molecule is C/C=C/n1nnnc1/N=C/C.CC.CC. The van der Waals surface area contributed by atoms with Crippen molar-refractivity contribution >= 4 is 18.4 Å². The Balaban J connectivity index is 0. The van der Waals surface area contributed by atoms with Crippen LogP contribution in [-0.2, 0) is 0 Å². The van der Waals surface area contributed by atoms with E-state index >= 15 is 0 Å². The summed E-state index contributed by atoms with van der Waals surface area (Å²) >= 11 is 0. The standard InChI is InChI=1S/C6H9N5.2C2H6/c1-3-5-11-6(7-4-2)8-9-10-11;2*1-2/h3-5H,1-2H3;2*1-2H3/b5-3+,7-4+;;. The van der Waals surface area contributed by atoms with Crippen LogP contribution in [-0.4, -0.2) is 26.4 Å². The van der Waals surface area contributed by atoms with Gasteiger partial charge in [-0.1, -0.05) is 38.9 Å². The van der Waals surface area contributed by atoms with Crippen LogP contribution in [0, 0.1) is 0 Å². The lowest BCUT2D eigenvalue weighted by atomic mass is 10.7. The summed E-state index contributed by atoms with van der Waals surface area (Å²) in [7, 11) is 0. The Bertz CT molecular complexity index is 249. The summed E-state index contributed by atoms with van der Waals surface area (Å²) in [5.41, 5.74) is 0. The second-order valence-corrected chi connectivity index (χ2v) is 1.79. The number of hydrogen-bond donors (Lipinski definition) is 0. The van der Waals surface area contributed by atoms with Crippen LogP contribution in [0.3, 0.4) is 0 Å². The molecule has 0 aliphatic carbocycles. The van der Waals surface area contributed by atoms with E-state index in [9.17, 15) is 0 Å². The summed E-state index contributed by atoms with van der Waals surface area (Å²) in [6, 6.07) is 0. The Morgan fingerprint density at radius 2 is 1.73 bits per heavy atom. The molecule has 0 amide bonds. The molecule has 0 fully saturated rings. The normalized spacial score (nSPS) is 9.47. The number of allylic oxidation sites excluding steroid dienone is 1. The molecule has 1 rings (SSSR count). The maximum atomic E-state index is 3.94. The molecule has 0 aromatic carbocycles. The number of aromatic nitrogens is 4. The fourth-order valence-corrected chi connectivity index (χ4v) is 0.627. The van der Waals surface area contributed by atoms with Crippen molar-refractivity contribution in [1.82, 2.24) is 20.2 Å². The van der Waals surface area contributed by atoms with E-state index in [1.54, 1.807) is 12.4 Å². The highest BCUT2D eigenvalue weighted by atomic mass is 15.6. The summed E-state index contributed by atoms with van der Waals surface area (Å²) in [5, 5.41) is 10.8. The molecule has 0 bridgehead atoms. The van der Waals surface area contributed by atoms with Crippen LogP contribution in [0.1, 0.15) is 41.5 Å². The third-order valence-electron chi connectivity index (χ3n) is 1.01. The minimum Gasteiger partial charge on any atom is -0.223 e. The van der Waals surface area contributed by atoms with Crippen LogP contribution in [0.15, 0.2) is 11.1 Å². The van der Waals surface area contributed by atoms with Crippen molar-refractivity contribution in [3.05, 3.63) is 6.08 Å². The van der Waals surface area contributed by atoms with E-state index in [1.165, 1.54) is 4.68 Å². The fraction of sp³-hybridized carbons (Fsp3) is 0.600. The fourth-order valence-electron chi connectivity index (χ4n) is 0.627. The van der Waals surface area contributed by atoms with Gasteiger partial charge in [-0.3, -0.25) is 0 Å². The van der Waals surface area contributed by atoms with Crippen LogP contribution in [0.5, 0.6) is 0 Å². The highest BCUT2D eigenvalue weighted by Crippen LogP contribution is 2.02. The second kappa shape index (κ2) is 12.5. The number of aliphatic imine (C=N–C) groups is 1. The van der Waals surface area contributed by atoms with Crippen molar-refractivity contribution in [2.45, 2.75) is 41.5 Å². The summed E-state index contributed by atoms with van der Waals surface area (Å²) in [4.78, 5) is 3.94. The molecule has 5 heteroatoms. The van der Waals surface area contributed by atoms with E-state index in [4.69, 9.17) is 0 Å². The molecule has 0 N–H and O–H groups in total. The first kappa shape index (κ1) is 15.9. The lowest BCUT2D eigenvalue weighted by molar-refractivity contribution is 0.818. The van der Waals surface area contributed by atoms with E-state index in [2.05, 4.69) is 20.5 Å². The van der Waals surface area contributed by atoms with E-state index in [0.717, 1.165) is 0 Å². The van der Waals surface area contributed by atoms with Gasteiger partial charge in [0.2, 0.25) is 0 Å². The van der Waals surface area contributed by atoms with Crippen molar-refractivity contribution in [3.63, 3.8) is 0 Å². The van der Waals surface area contributed by atoms with Gasteiger partial charge in [0.25, 0.3) is 5.95 Å². The van der Waals surface area contributed by atoms with Gasteiger partial charge < -0.3 is 0 Å². The molecule has 0 atom stereocenters. The molecular weight excluding hydrogens is 190 g/mol. The lowest BCUT2D eigenvalue weighted by Gasteiger charge is -1.88. The summed E-state index contributed by atoms with van der Waals surface area (Å²) in [5.74, 6) is 0.491. The first-order valence-electron chi connectivity index (χ1n) is 5.28. The molecule has 86 valence electrons. The van der Waals surface area contributed by atoms with E-state index < -0.39 is 0 Å². The highest BCUT2D eigenvalue weighted by Gasteiger charge is 1.96. The van der Waals surface area contributed by atoms with Gasteiger partial charge in [-0.15, -0.1) is 0 Å². The Morgan fingerprint density at radius 3 is 2.20 bits per heavy atom. The third kappa shape index (κ3) is 6.54. The van der Waals surface area contributed by atoms with Crippen molar-refractivity contribution in [2.24, 2.45) is 4.99 Å². The van der Waals surface area contributed by atoms with Gasteiger partial charge in [-0.25, -0.2) is 4.99 Å². The second-order valence-electron chi connectivity index (χ2n) is 1.79.